The topological polar surface area (TPSA) is 150 Å². The minimum absolute atomic E-state index is 0.216. The van der Waals surface area contributed by atoms with E-state index in [0.717, 1.165) is 53.4 Å². The van der Waals surface area contributed by atoms with Gasteiger partial charge in [-0.25, -0.2) is 4.98 Å². The van der Waals surface area contributed by atoms with Crippen LogP contribution in [0.3, 0.4) is 0 Å². The number of carbonyl (C=O) groups excluding carboxylic acids is 1. The van der Waals surface area contributed by atoms with Gasteiger partial charge >= 0.3 is 5.97 Å². The summed E-state index contributed by atoms with van der Waals surface area (Å²) in [7, 11) is 0. The number of hydroxylamine groups is 2. The average molecular weight is 626 g/mol. The number of carboxylic acid groups (broad SMARTS) is 1. The first-order chi connectivity index (χ1) is 21.9. The molecule has 3 heterocycles. The molecule has 1 aliphatic heterocycles. The summed E-state index contributed by atoms with van der Waals surface area (Å²) in [6.45, 7) is 2.56. The molecule has 0 spiro atoms. The number of carbonyl (C=O) groups is 2. The van der Waals surface area contributed by atoms with E-state index in [2.05, 4.69) is 32.5 Å². The Morgan fingerprint density at radius 1 is 1.13 bits per heavy atom. The highest BCUT2D eigenvalue weighted by molar-refractivity contribution is 7.81. The van der Waals surface area contributed by atoms with Gasteiger partial charge in [-0.05, 0) is 72.0 Å². The first kappa shape index (κ1) is 30.6. The fraction of sp³-hybridized carbons (Fsp3) is 0.364. The van der Waals surface area contributed by atoms with E-state index >= 15 is 0 Å². The quantitative estimate of drug-likeness (QED) is 0.124. The second-order valence-electron chi connectivity index (χ2n) is 11.5. The number of thiocarbonyl (C=S) groups is 1. The Balaban J connectivity index is 1.37. The Bertz CT molecular complexity index is 1750. The van der Waals surface area contributed by atoms with Gasteiger partial charge in [0.05, 0.1) is 17.0 Å². The minimum Gasteiger partial charge on any atom is -0.480 e. The lowest BCUT2D eigenvalue weighted by atomic mass is 9.82. The van der Waals surface area contributed by atoms with Crippen LogP contribution >= 0.6 is 12.2 Å². The number of ketones is 1. The predicted molar refractivity (Wildman–Crippen MR) is 173 cm³/mol. The summed E-state index contributed by atoms with van der Waals surface area (Å²) in [6, 6.07) is 12.9. The third kappa shape index (κ3) is 6.39. The Kier molecular flexibility index (Phi) is 9.06. The van der Waals surface area contributed by atoms with Crippen LogP contribution in [0.25, 0.3) is 33.5 Å². The molecule has 2 aliphatic rings. The number of tetrazole rings is 1. The summed E-state index contributed by atoms with van der Waals surface area (Å²) in [5.41, 5.74) is 2.71. The minimum atomic E-state index is -1.51. The van der Waals surface area contributed by atoms with E-state index in [1.807, 2.05) is 42.5 Å². The molecular weight excluding hydrogens is 590 g/mol. The van der Waals surface area contributed by atoms with E-state index in [1.54, 1.807) is 24.3 Å². The maximum Gasteiger partial charge on any atom is 0.323 e. The molecule has 0 amide bonds. The van der Waals surface area contributed by atoms with E-state index < -0.39 is 23.5 Å². The van der Waals surface area contributed by atoms with Gasteiger partial charge in [0.2, 0.25) is 5.82 Å². The van der Waals surface area contributed by atoms with Crippen LogP contribution in [-0.2, 0) is 14.4 Å². The van der Waals surface area contributed by atoms with Crippen molar-refractivity contribution in [2.45, 2.75) is 69.4 Å². The Hall–Kier alpha value is -4.39. The van der Waals surface area contributed by atoms with Gasteiger partial charge in [0, 0.05) is 17.0 Å². The monoisotopic (exact) mass is 625 g/mol. The lowest BCUT2D eigenvalue weighted by Gasteiger charge is -2.35. The van der Waals surface area contributed by atoms with Crippen LogP contribution in [0.2, 0.25) is 0 Å². The zero-order chi connectivity index (χ0) is 31.4. The van der Waals surface area contributed by atoms with E-state index in [4.69, 9.17) is 22.0 Å². The number of unbranched alkanes of at least 4 members (excludes halogenated alkanes) is 3. The zero-order valence-electron chi connectivity index (χ0n) is 25.0. The molecule has 0 saturated carbocycles. The van der Waals surface area contributed by atoms with Crippen molar-refractivity contribution in [3.63, 3.8) is 0 Å². The number of rotatable bonds is 13. The van der Waals surface area contributed by atoms with E-state index in [0.29, 0.717) is 42.3 Å². The third-order valence-electron chi connectivity index (χ3n) is 8.45. The highest BCUT2D eigenvalue weighted by atomic mass is 32.1. The Labute approximate surface area is 265 Å². The Morgan fingerprint density at radius 2 is 1.93 bits per heavy atom. The number of fused-ring (bicyclic) bond motifs is 1. The SMILES string of the molecule is CCCCCCC(C(=O)C1(ON2CCC[C@H]2C(=O)O)C=CC(=S)C=C1)c1nc2ccc(-c3ccccc3-c3nn[nH]n3)cc2[nH]1. The summed E-state index contributed by atoms with van der Waals surface area (Å²) in [6.07, 6.45) is 12.3. The van der Waals surface area contributed by atoms with E-state index in [9.17, 15) is 14.7 Å². The molecule has 1 unspecified atom stereocenters. The van der Waals surface area contributed by atoms with Crippen LogP contribution in [0, 0.1) is 0 Å². The van der Waals surface area contributed by atoms with Crippen molar-refractivity contribution >= 4 is 39.9 Å². The number of aliphatic carboxylic acids is 1. The molecule has 45 heavy (non-hydrogen) atoms. The molecule has 11 nitrogen and oxygen atoms in total. The predicted octanol–water partition coefficient (Wildman–Crippen LogP) is 5.75. The zero-order valence-corrected chi connectivity index (χ0v) is 25.8. The van der Waals surface area contributed by atoms with Gasteiger partial charge in [-0.2, -0.15) is 10.3 Å². The van der Waals surface area contributed by atoms with Crippen LogP contribution < -0.4 is 0 Å². The summed E-state index contributed by atoms with van der Waals surface area (Å²) in [5.74, 6) is -0.776. The van der Waals surface area contributed by atoms with Gasteiger partial charge in [-0.15, -0.1) is 10.2 Å². The molecule has 232 valence electrons. The lowest BCUT2D eigenvalue weighted by molar-refractivity contribution is -0.223. The summed E-state index contributed by atoms with van der Waals surface area (Å²) >= 11 is 5.35. The number of hydrogen-bond acceptors (Lipinski definition) is 9. The molecule has 1 aliphatic carbocycles. The number of nitrogens with zero attached hydrogens (tertiary/aromatic N) is 5. The highest BCUT2D eigenvalue weighted by Gasteiger charge is 2.46. The summed E-state index contributed by atoms with van der Waals surface area (Å²) < 4.78 is 0. The molecule has 2 atom stereocenters. The third-order valence-corrected chi connectivity index (χ3v) is 8.72. The van der Waals surface area contributed by atoms with Crippen molar-refractivity contribution in [3.05, 3.63) is 72.6 Å². The molecule has 1 fully saturated rings. The molecular formula is C33H35N7O4S. The van der Waals surface area contributed by atoms with E-state index in [-0.39, 0.29) is 5.78 Å². The number of aromatic amines is 2. The van der Waals surface area contributed by atoms with Gasteiger partial charge in [0.15, 0.2) is 11.4 Å². The number of allylic oxidation sites excluding steroid dienone is 2. The molecule has 2 aromatic heterocycles. The fourth-order valence-corrected chi connectivity index (χ4v) is 6.23. The van der Waals surface area contributed by atoms with Crippen LogP contribution in [-0.4, -0.2) is 75.6 Å². The average Bonchev–Trinajstić information content (AvgIpc) is 3.83. The molecule has 0 radical (unpaired) electrons. The second kappa shape index (κ2) is 13.3. The Morgan fingerprint density at radius 3 is 2.67 bits per heavy atom. The van der Waals surface area contributed by atoms with Crippen LogP contribution in [0.5, 0.6) is 0 Å². The molecule has 6 rings (SSSR count). The van der Waals surface area contributed by atoms with Crippen molar-refractivity contribution in [2.75, 3.05) is 6.54 Å². The smallest absolute Gasteiger partial charge is 0.323 e. The second-order valence-corrected chi connectivity index (χ2v) is 12.0. The molecule has 12 heteroatoms. The summed E-state index contributed by atoms with van der Waals surface area (Å²) in [5, 5.41) is 25.8. The number of imidazole rings is 1. The largest absolute Gasteiger partial charge is 0.480 e. The first-order valence-corrected chi connectivity index (χ1v) is 15.8. The van der Waals surface area contributed by atoms with Crippen molar-refractivity contribution in [2.24, 2.45) is 0 Å². The lowest BCUT2D eigenvalue weighted by Crippen LogP contribution is -2.50. The van der Waals surface area contributed by atoms with Crippen molar-refractivity contribution in [1.82, 2.24) is 35.7 Å². The normalized spacial score (nSPS) is 18.5. The molecule has 2 aromatic carbocycles. The van der Waals surface area contributed by atoms with Gasteiger partial charge in [0.25, 0.3) is 0 Å². The van der Waals surface area contributed by atoms with Crippen LogP contribution in [0.1, 0.15) is 63.6 Å². The number of aromatic nitrogens is 6. The van der Waals surface area contributed by atoms with Crippen LogP contribution in [0.15, 0.2) is 66.8 Å². The molecule has 3 N–H and O–H groups in total. The van der Waals surface area contributed by atoms with Gasteiger partial charge in [-0.1, -0.05) is 75.2 Å². The number of benzene rings is 2. The van der Waals surface area contributed by atoms with Gasteiger partial charge < -0.3 is 10.1 Å². The first-order valence-electron chi connectivity index (χ1n) is 15.4. The van der Waals surface area contributed by atoms with Crippen LogP contribution in [0.4, 0.5) is 0 Å². The molecule has 0 bridgehead atoms. The molecule has 4 aromatic rings. The van der Waals surface area contributed by atoms with Gasteiger partial charge in [-0.3, -0.25) is 14.4 Å². The fourth-order valence-electron chi connectivity index (χ4n) is 6.09. The number of hydrogen-bond donors (Lipinski definition) is 3. The number of Topliss-reactive ketones (excluding diaryl/α,β-unsaturated/α-hetero) is 1. The van der Waals surface area contributed by atoms with Crippen molar-refractivity contribution in [3.8, 4) is 22.5 Å². The number of H-pyrrole nitrogens is 2. The maximum atomic E-state index is 14.7. The standard InChI is InChI=1S/C33H35N7O4S/c1-2-3-4-5-11-25(29(41)33(17-15-22(45)16-18-33)44-40-19-8-12-28(40)32(42)43)30-34-26-14-13-21(20-27(26)35-30)23-9-6-7-10-24(23)31-36-38-39-37-31/h6-7,9-10,13-18,20,25,28H,2-5,8,11-12,19H2,1H3,(H,34,35)(H,42,43)(H,36,37,38,39)/t25?,28-/m0/s1. The van der Waals surface area contributed by atoms with Crippen molar-refractivity contribution in [1.29, 1.82) is 0 Å². The number of carboxylic acids is 1. The number of nitrogens with one attached hydrogen (secondary N) is 2. The molecule has 1 saturated heterocycles. The van der Waals surface area contributed by atoms with E-state index in [1.165, 1.54) is 5.06 Å². The highest BCUT2D eigenvalue weighted by Crippen LogP contribution is 2.36. The summed E-state index contributed by atoms with van der Waals surface area (Å²) in [4.78, 5) is 41.9. The van der Waals surface area contributed by atoms with Gasteiger partial charge in [0.1, 0.15) is 11.9 Å². The maximum absolute atomic E-state index is 14.7. The van der Waals surface area contributed by atoms with Crippen molar-refractivity contribution < 1.29 is 19.5 Å².